The van der Waals surface area contributed by atoms with Crippen molar-refractivity contribution in [3.63, 3.8) is 0 Å². The number of nitrogens with two attached hydrogens (primary N) is 3. The number of rotatable bonds is 27. The Hall–Kier alpha value is -4.89. The average molecular weight is 788 g/mol. The highest BCUT2D eigenvalue weighted by Gasteiger charge is 2.36. The molecule has 0 saturated carbocycles. The van der Waals surface area contributed by atoms with Gasteiger partial charge in [0.1, 0.15) is 36.3 Å². The number of carbonyl (C=O) groups is 9. The van der Waals surface area contributed by atoms with Crippen LogP contribution < -0.4 is 49.1 Å². The fraction of sp³-hybridized carbons (Fsp3) is 0.735. The molecule has 55 heavy (non-hydrogen) atoms. The molecule has 314 valence electrons. The maximum Gasteiger partial charge on any atom is 0.326 e. The van der Waals surface area contributed by atoms with Gasteiger partial charge in [0.15, 0.2) is 0 Å². The van der Waals surface area contributed by atoms with Crippen LogP contribution in [0.2, 0.25) is 0 Å². The van der Waals surface area contributed by atoms with Crippen LogP contribution in [0.1, 0.15) is 92.9 Å². The third-order valence-corrected chi connectivity index (χ3v) is 8.22. The lowest BCUT2D eigenvalue weighted by Crippen LogP contribution is -2.62. The number of primary amides is 1. The molecule has 0 bridgehead atoms. The predicted molar refractivity (Wildman–Crippen MR) is 197 cm³/mol. The number of carbonyl (C=O) groups excluding carboxylic acids is 7. The maximum absolute atomic E-state index is 13.5. The van der Waals surface area contributed by atoms with Crippen LogP contribution in [0.5, 0.6) is 0 Å². The van der Waals surface area contributed by atoms with E-state index < -0.39 is 133 Å². The highest BCUT2D eigenvalue weighted by atomic mass is 16.4. The monoisotopic (exact) mass is 787 g/mol. The largest absolute Gasteiger partial charge is 0.481 e. The quantitative estimate of drug-likeness (QED) is 0.0363. The molecule has 0 aromatic rings. The highest BCUT2D eigenvalue weighted by Crippen LogP contribution is 2.10. The molecule has 0 fully saturated rings. The number of carboxylic acid groups (broad SMARTS) is 2. The lowest BCUT2D eigenvalue weighted by Gasteiger charge is -2.29. The third-order valence-electron chi connectivity index (χ3n) is 8.22. The summed E-state index contributed by atoms with van der Waals surface area (Å²) in [5.41, 5.74) is 16.4. The van der Waals surface area contributed by atoms with Gasteiger partial charge in [0.05, 0.1) is 12.1 Å². The third kappa shape index (κ3) is 19.8. The van der Waals surface area contributed by atoms with Crippen molar-refractivity contribution in [1.29, 1.82) is 0 Å². The van der Waals surface area contributed by atoms with E-state index in [-0.39, 0.29) is 18.8 Å². The van der Waals surface area contributed by atoms with Gasteiger partial charge in [0.25, 0.3) is 0 Å². The van der Waals surface area contributed by atoms with E-state index in [4.69, 9.17) is 17.2 Å². The standard InChI is InChI=1S/C34H61N9O12/c1-16(2)15-23(41-28(48)18(5)36)31(51)38-21(11-13-25(46)47)30(50)43-27(19(6)44)33(53)39-20(10-12-24(37)45)29(49)42-26(17(3)4)32(52)40-22(34(54)55)9-7-8-14-35/h16-23,26-27,44H,7-15,35-36H2,1-6H3,(H2,37,45)(H,38,51)(H,39,53)(H,40,52)(H,41,48)(H,42,49)(H,43,50)(H,46,47)(H,54,55)/t18-,19+,20-,21-,22-,23-,26-,27-/m0/s1. The average Bonchev–Trinajstić information content (AvgIpc) is 3.07. The molecular weight excluding hydrogens is 726 g/mol. The van der Waals surface area contributed by atoms with Crippen LogP contribution in [-0.4, -0.2) is 124 Å². The summed E-state index contributed by atoms with van der Waals surface area (Å²) in [5.74, 6) is -9.72. The minimum Gasteiger partial charge on any atom is -0.481 e. The van der Waals surface area contributed by atoms with E-state index in [1.807, 2.05) is 0 Å². The zero-order chi connectivity index (χ0) is 42.6. The van der Waals surface area contributed by atoms with Gasteiger partial charge in [-0.05, 0) is 70.8 Å². The van der Waals surface area contributed by atoms with Crippen molar-refractivity contribution >= 4 is 53.3 Å². The Balaban J connectivity index is 6.28. The molecule has 8 atom stereocenters. The zero-order valence-corrected chi connectivity index (χ0v) is 32.4. The van der Waals surface area contributed by atoms with Crippen LogP contribution in [-0.2, 0) is 43.2 Å². The van der Waals surface area contributed by atoms with E-state index in [1.54, 1.807) is 27.7 Å². The number of nitrogens with one attached hydrogen (secondary N) is 6. The Morgan fingerprint density at radius 3 is 1.45 bits per heavy atom. The number of hydrogen-bond acceptors (Lipinski definition) is 12. The van der Waals surface area contributed by atoms with Gasteiger partial charge in [-0.15, -0.1) is 0 Å². The fourth-order valence-electron chi connectivity index (χ4n) is 5.09. The summed E-state index contributed by atoms with van der Waals surface area (Å²) in [7, 11) is 0. The normalized spacial score (nSPS) is 15.5. The number of aliphatic hydroxyl groups is 1. The molecule has 21 heteroatoms. The van der Waals surface area contributed by atoms with Gasteiger partial charge >= 0.3 is 11.9 Å². The Morgan fingerprint density at radius 1 is 0.564 bits per heavy atom. The zero-order valence-electron chi connectivity index (χ0n) is 32.4. The van der Waals surface area contributed by atoms with Crippen LogP contribution in [0.25, 0.3) is 0 Å². The van der Waals surface area contributed by atoms with Crippen LogP contribution in [0.4, 0.5) is 0 Å². The second-order valence-electron chi connectivity index (χ2n) is 14.2. The molecule has 0 aliphatic carbocycles. The van der Waals surface area contributed by atoms with Crippen molar-refractivity contribution in [1.82, 2.24) is 31.9 Å². The van der Waals surface area contributed by atoms with Gasteiger partial charge in [-0.25, -0.2) is 4.79 Å². The van der Waals surface area contributed by atoms with Gasteiger partial charge in [-0.1, -0.05) is 27.7 Å². The molecule has 0 aromatic carbocycles. The molecular formula is C34H61N9O12. The summed E-state index contributed by atoms with van der Waals surface area (Å²) in [6, 6.07) is -9.68. The Labute approximate surface area is 320 Å². The minimum atomic E-state index is -1.81. The molecule has 0 spiro atoms. The lowest BCUT2D eigenvalue weighted by atomic mass is 10.0. The van der Waals surface area contributed by atoms with Crippen molar-refractivity contribution in [3.8, 4) is 0 Å². The first-order chi connectivity index (χ1) is 25.5. The molecule has 0 aliphatic heterocycles. The number of amides is 7. The van der Waals surface area contributed by atoms with E-state index in [1.165, 1.54) is 6.92 Å². The second-order valence-corrected chi connectivity index (χ2v) is 14.2. The van der Waals surface area contributed by atoms with Crippen LogP contribution >= 0.6 is 0 Å². The molecule has 7 amide bonds. The minimum absolute atomic E-state index is 0.0737. The molecule has 0 rings (SSSR count). The lowest BCUT2D eigenvalue weighted by molar-refractivity contribution is -0.143. The van der Waals surface area contributed by atoms with Crippen LogP contribution in [0.3, 0.4) is 0 Å². The van der Waals surface area contributed by atoms with Gasteiger partial charge in [0.2, 0.25) is 41.4 Å². The first-order valence-corrected chi connectivity index (χ1v) is 18.2. The predicted octanol–water partition coefficient (Wildman–Crippen LogP) is -3.33. The number of unbranched alkanes of at least 4 members (excludes halogenated alkanes) is 1. The number of hydrogen-bond donors (Lipinski definition) is 12. The summed E-state index contributed by atoms with van der Waals surface area (Å²) in [4.78, 5) is 114. The van der Waals surface area contributed by atoms with Crippen molar-refractivity contribution in [2.75, 3.05) is 6.54 Å². The van der Waals surface area contributed by atoms with Gasteiger partial charge in [0, 0.05) is 12.8 Å². The summed E-state index contributed by atoms with van der Waals surface area (Å²) >= 11 is 0. The Morgan fingerprint density at radius 2 is 1.02 bits per heavy atom. The van der Waals surface area contributed by atoms with E-state index in [2.05, 4.69) is 31.9 Å². The SMILES string of the molecule is CC(C)C[C@H](NC(=O)[C@H](C)N)C(=O)N[C@@H](CCC(=O)O)C(=O)N[C@H](C(=O)N[C@@H](CCC(N)=O)C(=O)N[C@H](C(=O)N[C@@H](CCCCN)C(=O)O)C(C)C)[C@@H](C)O. The molecule has 0 saturated heterocycles. The second kappa shape index (κ2) is 25.2. The van der Waals surface area contributed by atoms with Crippen LogP contribution in [0.15, 0.2) is 0 Å². The van der Waals surface area contributed by atoms with Crippen molar-refractivity contribution in [2.24, 2.45) is 29.0 Å². The maximum atomic E-state index is 13.5. The molecule has 21 nitrogen and oxygen atoms in total. The van der Waals surface area contributed by atoms with Gasteiger partial charge in [-0.3, -0.25) is 38.4 Å². The first-order valence-electron chi connectivity index (χ1n) is 18.2. The number of aliphatic hydroxyl groups excluding tert-OH is 1. The van der Waals surface area contributed by atoms with Gasteiger partial charge < -0.3 is 64.4 Å². The number of aliphatic carboxylic acids is 2. The molecule has 0 unspecified atom stereocenters. The van der Waals surface area contributed by atoms with Gasteiger partial charge in [-0.2, -0.15) is 0 Å². The Bertz CT molecular complexity index is 1340. The summed E-state index contributed by atoms with van der Waals surface area (Å²) in [6.45, 7) is 9.53. The van der Waals surface area contributed by atoms with Crippen molar-refractivity contribution < 1.29 is 58.5 Å². The molecule has 0 aromatic heterocycles. The van der Waals surface area contributed by atoms with E-state index >= 15 is 0 Å². The first kappa shape index (κ1) is 50.1. The van der Waals surface area contributed by atoms with E-state index in [0.29, 0.717) is 19.4 Å². The highest BCUT2D eigenvalue weighted by molar-refractivity contribution is 5.97. The fourth-order valence-corrected chi connectivity index (χ4v) is 5.09. The summed E-state index contributed by atoms with van der Waals surface area (Å²) in [6.07, 6.45) is -2.40. The topological polar surface area (TPSA) is 365 Å². The van der Waals surface area contributed by atoms with Crippen molar-refractivity contribution in [2.45, 2.75) is 141 Å². The molecule has 15 N–H and O–H groups in total. The molecule has 0 radical (unpaired) electrons. The number of carboxylic acids is 2. The smallest absolute Gasteiger partial charge is 0.326 e. The Kier molecular flexibility index (Phi) is 23.0. The summed E-state index contributed by atoms with van der Waals surface area (Å²) < 4.78 is 0. The molecule has 0 heterocycles. The molecule has 0 aliphatic rings. The van der Waals surface area contributed by atoms with Crippen molar-refractivity contribution in [3.05, 3.63) is 0 Å². The van der Waals surface area contributed by atoms with Crippen LogP contribution in [0, 0.1) is 11.8 Å². The summed E-state index contributed by atoms with van der Waals surface area (Å²) in [5, 5.41) is 43.7. The van der Waals surface area contributed by atoms with E-state index in [0.717, 1.165) is 6.92 Å². The van der Waals surface area contributed by atoms with E-state index in [9.17, 15) is 58.5 Å².